The highest BCUT2D eigenvalue weighted by atomic mass is 16.6. The maximum atomic E-state index is 14.5. The largest absolute Gasteiger partial charge is 0.519 e. The number of aliphatic carboxylic acids is 1. The van der Waals surface area contributed by atoms with Gasteiger partial charge in [-0.3, -0.25) is 14.4 Å². The van der Waals surface area contributed by atoms with E-state index >= 15 is 0 Å². The fraction of sp³-hybridized carbons (Fsp3) is 0.775. The van der Waals surface area contributed by atoms with Gasteiger partial charge in [-0.2, -0.15) is 0 Å². The molecule has 11 heteroatoms. The van der Waals surface area contributed by atoms with E-state index in [9.17, 15) is 29.1 Å². The molecule has 4 fully saturated rings. The van der Waals surface area contributed by atoms with Gasteiger partial charge < -0.3 is 28.7 Å². The lowest BCUT2D eigenvalue weighted by Crippen LogP contribution is -2.64. The van der Waals surface area contributed by atoms with Crippen molar-refractivity contribution in [3.8, 4) is 0 Å². The molecule has 0 radical (unpaired) electrons. The van der Waals surface area contributed by atoms with Crippen LogP contribution in [-0.2, 0) is 30.5 Å². The molecular weight excluding hydrogens is 654 g/mol. The number of aryl methyl sites for hydroxylation is 1. The number of unbranched alkanes of at least 4 members (excludes halogenated alkanes) is 1. The molecule has 0 aliphatic heterocycles. The molecule has 2 N–H and O–H groups in total. The average molecular weight is 712 g/mol. The second-order valence-corrected chi connectivity index (χ2v) is 17.8. The molecule has 1 aromatic rings. The minimum absolute atomic E-state index is 0.0239. The van der Waals surface area contributed by atoms with Gasteiger partial charge in [0.25, 0.3) is 0 Å². The van der Waals surface area contributed by atoms with Gasteiger partial charge in [0.15, 0.2) is 23.9 Å². The predicted octanol–water partition coefficient (Wildman–Crippen LogP) is 7.67. The van der Waals surface area contributed by atoms with Crippen molar-refractivity contribution in [3.63, 3.8) is 0 Å². The van der Waals surface area contributed by atoms with Crippen LogP contribution in [0.15, 0.2) is 25.3 Å². The van der Waals surface area contributed by atoms with Gasteiger partial charge in [0.1, 0.15) is 6.10 Å². The van der Waals surface area contributed by atoms with Crippen LogP contribution in [-0.4, -0.2) is 40.6 Å². The van der Waals surface area contributed by atoms with Gasteiger partial charge in [0.2, 0.25) is 0 Å². The van der Waals surface area contributed by atoms with Crippen molar-refractivity contribution < 1.29 is 42.6 Å². The van der Waals surface area contributed by atoms with Crippen LogP contribution in [0, 0.1) is 52.3 Å². The maximum Gasteiger partial charge on any atom is 0.519 e. The van der Waals surface area contributed by atoms with Crippen LogP contribution >= 0.6 is 0 Å². The summed E-state index contributed by atoms with van der Waals surface area (Å²) in [6.07, 6.45) is 10.1. The Morgan fingerprint density at radius 3 is 2.35 bits per heavy atom. The first-order chi connectivity index (χ1) is 23.9. The Morgan fingerprint density at radius 2 is 1.73 bits per heavy atom. The molecule has 6 rings (SSSR count). The minimum Gasteiger partial charge on any atom is -0.481 e. The maximum absolute atomic E-state index is 14.5. The minimum atomic E-state index is -1.06. The van der Waals surface area contributed by atoms with Gasteiger partial charge in [-0.05, 0) is 132 Å². The Kier molecular flexibility index (Phi) is 9.71. The first kappa shape index (κ1) is 37.4. The lowest BCUT2D eigenvalue weighted by Gasteiger charge is -2.65. The molecular formula is C40H57NO10. The molecule has 5 aliphatic rings. The van der Waals surface area contributed by atoms with Crippen molar-refractivity contribution >= 4 is 23.8 Å². The smallest absolute Gasteiger partial charge is 0.481 e. The fourth-order valence-electron chi connectivity index (χ4n) is 10.4. The number of ether oxygens (including phenoxy) is 2. The number of amides is 1. The summed E-state index contributed by atoms with van der Waals surface area (Å²) in [7, 11) is 0. The van der Waals surface area contributed by atoms with E-state index in [0.29, 0.717) is 32.1 Å². The second-order valence-electron chi connectivity index (χ2n) is 17.8. The van der Waals surface area contributed by atoms with E-state index in [4.69, 9.17) is 18.3 Å². The van der Waals surface area contributed by atoms with Gasteiger partial charge in [0.05, 0.1) is 16.9 Å². The number of fused-ring (bicyclic) bond motifs is 5. The number of alkyl carbamates (subject to hydrolysis) is 1. The fourth-order valence-corrected chi connectivity index (χ4v) is 10.4. The van der Waals surface area contributed by atoms with Crippen LogP contribution in [0.5, 0.6) is 0 Å². The third kappa shape index (κ3) is 6.49. The quantitative estimate of drug-likeness (QED) is 0.218. The van der Waals surface area contributed by atoms with Gasteiger partial charge in [-0.15, -0.1) is 0 Å². The molecule has 5 aliphatic carbocycles. The Morgan fingerprint density at radius 1 is 1.02 bits per heavy atom. The first-order valence-electron chi connectivity index (χ1n) is 19.1. The van der Waals surface area contributed by atoms with E-state index in [0.717, 1.165) is 56.9 Å². The van der Waals surface area contributed by atoms with Crippen LogP contribution in [0.2, 0.25) is 0 Å². The predicted molar refractivity (Wildman–Crippen MR) is 186 cm³/mol. The molecule has 282 valence electrons. The Hall–Kier alpha value is -3.37. The van der Waals surface area contributed by atoms with E-state index in [1.807, 2.05) is 19.9 Å². The molecule has 0 saturated heterocycles. The molecule has 1 aromatic heterocycles. The normalized spacial score (nSPS) is 36.3. The first-order valence-corrected chi connectivity index (χ1v) is 19.1. The molecule has 0 bridgehead atoms. The van der Waals surface area contributed by atoms with Crippen LogP contribution in [0.4, 0.5) is 4.79 Å². The molecule has 1 heterocycles. The second kappa shape index (κ2) is 13.2. The third-order valence-electron chi connectivity index (χ3n) is 14.7. The topological polar surface area (TPSA) is 162 Å². The van der Waals surface area contributed by atoms with E-state index < -0.39 is 34.9 Å². The highest BCUT2D eigenvalue weighted by Crippen LogP contribution is 2.70. The number of carbonyl (C=O) groups excluding carboxylic acids is 3. The summed E-state index contributed by atoms with van der Waals surface area (Å²) >= 11 is 0. The Balaban J connectivity index is 1.31. The number of nitrogens with one attached hydrogen (secondary N) is 1. The van der Waals surface area contributed by atoms with Crippen LogP contribution in [0.25, 0.3) is 0 Å². The molecule has 4 saturated carbocycles. The van der Waals surface area contributed by atoms with Crippen molar-refractivity contribution in [1.82, 2.24) is 5.32 Å². The Labute approximate surface area is 300 Å². The third-order valence-corrected chi connectivity index (χ3v) is 14.7. The zero-order valence-electron chi connectivity index (χ0n) is 31.5. The van der Waals surface area contributed by atoms with Crippen molar-refractivity contribution in [1.29, 1.82) is 0 Å². The molecule has 0 unspecified atom stereocenters. The van der Waals surface area contributed by atoms with Crippen molar-refractivity contribution in [3.05, 3.63) is 33.8 Å². The lowest BCUT2D eigenvalue weighted by atomic mass is 9.38. The lowest BCUT2D eigenvalue weighted by molar-refractivity contribution is -0.163. The standard InChI is InChI=1S/C40H57NO10/c1-8-9-10-31(51-32(43)24-11-12-24)40(7,41-34(46)48-22-30-23(2)49-35(47)50-30)25-13-14-38(5)27(19-25)29(42)20-26-28-21-37(4,33(44)45)16-15-36(28,3)17-18-39(26,38)6/h20,24-25,27-28,31H,8-19,21-22H2,1-7H3,(H,41,46)(H,44,45)/t25-,27+,28+,31+,36-,37+,38-,39-,40+/m1/s1. The summed E-state index contributed by atoms with van der Waals surface area (Å²) in [5.74, 6) is -2.14. The summed E-state index contributed by atoms with van der Waals surface area (Å²) in [6.45, 7) is 13.9. The zero-order chi connectivity index (χ0) is 37.1. The number of allylic oxidation sites excluding steroid dienone is 2. The zero-order valence-corrected chi connectivity index (χ0v) is 31.5. The monoisotopic (exact) mass is 711 g/mol. The number of rotatable bonds is 11. The molecule has 51 heavy (non-hydrogen) atoms. The number of hydrogen-bond donors (Lipinski definition) is 2. The van der Waals surface area contributed by atoms with Crippen LogP contribution < -0.4 is 11.1 Å². The summed E-state index contributed by atoms with van der Waals surface area (Å²) in [5, 5.41) is 13.3. The average Bonchev–Trinajstić information content (AvgIpc) is 3.87. The molecule has 1 amide bonds. The Bertz CT molecular complexity index is 1650. The number of carboxylic acids is 1. The van der Waals surface area contributed by atoms with E-state index in [-0.39, 0.29) is 69.8 Å². The number of hydrogen-bond acceptors (Lipinski definition) is 9. The van der Waals surface area contributed by atoms with E-state index in [2.05, 4.69) is 33.0 Å². The SMILES string of the molecule is CCCC[C@H](OC(=O)C1CC1)[C@@](C)(NC(=O)OCc1oc(=O)oc1C)[C@@H]1CC[C@]2(C)[C@@H](C1)C(=O)C=C1[C@@H]3C[C@@](C)(C(=O)O)CC[C@]3(C)CC[C@]12C. The number of carbonyl (C=O) groups is 4. The van der Waals surface area contributed by atoms with E-state index in [1.54, 1.807) is 6.92 Å². The van der Waals surface area contributed by atoms with Gasteiger partial charge in [-0.25, -0.2) is 9.59 Å². The van der Waals surface area contributed by atoms with Crippen molar-refractivity contribution in [2.75, 3.05) is 0 Å². The van der Waals surface area contributed by atoms with Crippen LogP contribution in [0.3, 0.4) is 0 Å². The molecule has 11 nitrogen and oxygen atoms in total. The van der Waals surface area contributed by atoms with Crippen molar-refractivity contribution in [2.24, 2.45) is 45.3 Å². The molecule has 0 spiro atoms. The number of carboxylic acid groups (broad SMARTS) is 1. The van der Waals surface area contributed by atoms with E-state index in [1.165, 1.54) is 0 Å². The van der Waals surface area contributed by atoms with Gasteiger partial charge in [0, 0.05) is 5.92 Å². The highest BCUT2D eigenvalue weighted by Gasteiger charge is 2.65. The summed E-state index contributed by atoms with van der Waals surface area (Å²) in [6, 6.07) is 0. The summed E-state index contributed by atoms with van der Waals surface area (Å²) < 4.78 is 21.7. The molecule has 9 atom stereocenters. The number of esters is 1. The highest BCUT2D eigenvalue weighted by molar-refractivity contribution is 5.95. The number of ketones is 1. The van der Waals surface area contributed by atoms with Crippen molar-refractivity contribution in [2.45, 2.75) is 150 Å². The summed E-state index contributed by atoms with van der Waals surface area (Å²) in [4.78, 5) is 65.2. The summed E-state index contributed by atoms with van der Waals surface area (Å²) in [5.41, 5.74) is -1.45. The van der Waals surface area contributed by atoms with Gasteiger partial charge in [-0.1, -0.05) is 39.7 Å². The van der Waals surface area contributed by atoms with Crippen LogP contribution in [0.1, 0.15) is 137 Å². The molecule has 0 aromatic carbocycles. The van der Waals surface area contributed by atoms with Gasteiger partial charge >= 0.3 is 23.9 Å².